The molecule has 1 unspecified atom stereocenters. The highest BCUT2D eigenvalue weighted by Crippen LogP contribution is 2.24. The molecule has 126 valence electrons. The molecule has 24 heavy (non-hydrogen) atoms. The molecule has 0 aliphatic carbocycles. The fraction of sp³-hybridized carbons (Fsp3) is 0.412. The van der Waals surface area contributed by atoms with E-state index < -0.39 is 5.97 Å². The van der Waals surface area contributed by atoms with Crippen LogP contribution in [-0.2, 0) is 4.79 Å². The van der Waals surface area contributed by atoms with E-state index in [4.69, 9.17) is 9.63 Å². The van der Waals surface area contributed by atoms with Crippen LogP contribution in [0.5, 0.6) is 0 Å². The van der Waals surface area contributed by atoms with Gasteiger partial charge in [-0.1, -0.05) is 11.2 Å². The van der Waals surface area contributed by atoms with Crippen molar-refractivity contribution >= 4 is 11.9 Å². The van der Waals surface area contributed by atoms with Crippen molar-refractivity contribution in [1.82, 2.24) is 15.0 Å². The number of likely N-dealkylation sites (tertiary alicyclic amines) is 1. The van der Waals surface area contributed by atoms with Gasteiger partial charge < -0.3 is 14.5 Å². The van der Waals surface area contributed by atoms with E-state index in [1.165, 1.54) is 0 Å². The van der Waals surface area contributed by atoms with E-state index in [-0.39, 0.29) is 24.0 Å². The second-order valence-corrected chi connectivity index (χ2v) is 5.98. The van der Waals surface area contributed by atoms with Crippen LogP contribution >= 0.6 is 0 Å². The summed E-state index contributed by atoms with van der Waals surface area (Å²) in [6, 6.07) is 7.05. The van der Waals surface area contributed by atoms with Crippen molar-refractivity contribution in [2.45, 2.75) is 25.7 Å². The largest absolute Gasteiger partial charge is 0.481 e. The second kappa shape index (κ2) is 7.25. The number of pyridine rings is 1. The van der Waals surface area contributed by atoms with E-state index in [1.807, 2.05) is 6.07 Å². The summed E-state index contributed by atoms with van der Waals surface area (Å²) >= 11 is 0. The van der Waals surface area contributed by atoms with Gasteiger partial charge in [0.15, 0.2) is 0 Å². The van der Waals surface area contributed by atoms with Gasteiger partial charge in [0.2, 0.25) is 5.76 Å². The number of hydrogen-bond acceptors (Lipinski definition) is 5. The molecule has 0 bridgehead atoms. The fourth-order valence-electron chi connectivity index (χ4n) is 2.98. The first-order valence-corrected chi connectivity index (χ1v) is 8.02. The molecule has 1 fully saturated rings. The molecule has 3 heterocycles. The summed E-state index contributed by atoms with van der Waals surface area (Å²) in [6.45, 7) is 1.22. The molecule has 0 radical (unpaired) electrons. The minimum Gasteiger partial charge on any atom is -0.481 e. The van der Waals surface area contributed by atoms with Gasteiger partial charge in [-0.3, -0.25) is 14.6 Å². The molecule has 1 aliphatic heterocycles. The van der Waals surface area contributed by atoms with Crippen molar-refractivity contribution in [2.24, 2.45) is 5.92 Å². The number of aliphatic carboxylic acids is 1. The molecule has 0 saturated carbocycles. The van der Waals surface area contributed by atoms with Gasteiger partial charge in [-0.05, 0) is 37.3 Å². The van der Waals surface area contributed by atoms with Gasteiger partial charge in [-0.2, -0.15) is 0 Å². The van der Waals surface area contributed by atoms with Crippen molar-refractivity contribution in [1.29, 1.82) is 0 Å². The van der Waals surface area contributed by atoms with Gasteiger partial charge in [0.05, 0.1) is 5.69 Å². The number of hydrogen-bond donors (Lipinski definition) is 1. The summed E-state index contributed by atoms with van der Waals surface area (Å²) in [5.41, 5.74) is 1.18. The number of rotatable bonds is 5. The maximum atomic E-state index is 12.6. The molecule has 1 aliphatic rings. The van der Waals surface area contributed by atoms with Crippen LogP contribution in [0.25, 0.3) is 11.4 Å². The van der Waals surface area contributed by atoms with Gasteiger partial charge in [0.1, 0.15) is 5.69 Å². The van der Waals surface area contributed by atoms with E-state index in [0.29, 0.717) is 30.9 Å². The Kier molecular flexibility index (Phi) is 4.88. The molecule has 1 atom stereocenters. The Morgan fingerprint density at radius 1 is 1.33 bits per heavy atom. The van der Waals surface area contributed by atoms with Gasteiger partial charge >= 0.3 is 5.97 Å². The lowest BCUT2D eigenvalue weighted by atomic mass is 9.93. The molecular formula is C17H19N3O4. The quantitative estimate of drug-likeness (QED) is 0.905. The smallest absolute Gasteiger partial charge is 0.303 e. The summed E-state index contributed by atoms with van der Waals surface area (Å²) in [5.74, 6) is -0.593. The summed E-state index contributed by atoms with van der Waals surface area (Å²) in [6.07, 6.45) is 4.21. The van der Waals surface area contributed by atoms with Crippen molar-refractivity contribution in [3.8, 4) is 11.4 Å². The molecule has 7 nitrogen and oxygen atoms in total. The van der Waals surface area contributed by atoms with Crippen molar-refractivity contribution < 1.29 is 19.2 Å². The number of piperidine rings is 1. The monoisotopic (exact) mass is 329 g/mol. The molecule has 1 saturated heterocycles. The van der Waals surface area contributed by atoms with Crippen molar-refractivity contribution in [2.75, 3.05) is 13.1 Å². The zero-order valence-electron chi connectivity index (χ0n) is 13.2. The number of nitrogens with zero attached hydrogens (tertiary/aromatic N) is 3. The minimum atomic E-state index is -0.798. The molecule has 2 aromatic heterocycles. The molecule has 1 N–H and O–H groups in total. The topological polar surface area (TPSA) is 96.5 Å². The minimum absolute atomic E-state index is 0.138. The molecule has 7 heteroatoms. The van der Waals surface area contributed by atoms with Crippen LogP contribution in [0.1, 0.15) is 36.2 Å². The second-order valence-electron chi connectivity index (χ2n) is 5.98. The third-order valence-corrected chi connectivity index (χ3v) is 4.22. The highest BCUT2D eigenvalue weighted by atomic mass is 16.5. The van der Waals surface area contributed by atoms with E-state index in [0.717, 1.165) is 12.8 Å². The van der Waals surface area contributed by atoms with Crippen LogP contribution < -0.4 is 0 Å². The number of carbonyl (C=O) groups is 2. The predicted octanol–water partition coefficient (Wildman–Crippen LogP) is 2.45. The number of carbonyl (C=O) groups excluding carboxylic acids is 1. The van der Waals surface area contributed by atoms with Crippen LogP contribution in [0.2, 0.25) is 0 Å². The maximum Gasteiger partial charge on any atom is 0.303 e. The Morgan fingerprint density at radius 3 is 2.96 bits per heavy atom. The first-order valence-electron chi connectivity index (χ1n) is 8.02. The lowest BCUT2D eigenvalue weighted by molar-refractivity contribution is -0.137. The average molecular weight is 329 g/mol. The SMILES string of the molecule is O=C(O)CCC1CCCN(C(=O)c2cc(-c3ccccn3)no2)C1. The van der Waals surface area contributed by atoms with Crippen LogP contribution in [0.15, 0.2) is 35.0 Å². The lowest BCUT2D eigenvalue weighted by Crippen LogP contribution is -2.39. The first-order chi connectivity index (χ1) is 11.6. The van der Waals surface area contributed by atoms with Gasteiger partial charge in [-0.25, -0.2) is 0 Å². The summed E-state index contributed by atoms with van der Waals surface area (Å²) in [5, 5.41) is 12.7. The third kappa shape index (κ3) is 3.79. The Hall–Kier alpha value is -2.70. The normalized spacial score (nSPS) is 17.7. The van der Waals surface area contributed by atoms with E-state index in [2.05, 4.69) is 10.1 Å². The summed E-state index contributed by atoms with van der Waals surface area (Å²) in [7, 11) is 0. The molecule has 3 rings (SSSR count). The highest BCUT2D eigenvalue weighted by molar-refractivity contribution is 5.92. The zero-order chi connectivity index (χ0) is 16.9. The molecule has 0 aromatic carbocycles. The van der Waals surface area contributed by atoms with Crippen LogP contribution in [0.4, 0.5) is 0 Å². The van der Waals surface area contributed by atoms with Crippen molar-refractivity contribution in [3.63, 3.8) is 0 Å². The maximum absolute atomic E-state index is 12.6. The highest BCUT2D eigenvalue weighted by Gasteiger charge is 2.27. The van der Waals surface area contributed by atoms with E-state index >= 15 is 0 Å². The van der Waals surface area contributed by atoms with Crippen LogP contribution in [0, 0.1) is 5.92 Å². The average Bonchev–Trinajstić information content (AvgIpc) is 3.10. The van der Waals surface area contributed by atoms with Crippen LogP contribution in [-0.4, -0.2) is 45.1 Å². The third-order valence-electron chi connectivity index (χ3n) is 4.22. The Morgan fingerprint density at radius 2 is 2.21 bits per heavy atom. The Bertz CT molecular complexity index is 714. The summed E-state index contributed by atoms with van der Waals surface area (Å²) < 4.78 is 5.19. The number of aromatic nitrogens is 2. The fourth-order valence-corrected chi connectivity index (χ4v) is 2.98. The van der Waals surface area contributed by atoms with Gasteiger partial charge in [0.25, 0.3) is 5.91 Å². The zero-order valence-corrected chi connectivity index (χ0v) is 13.2. The molecule has 1 amide bonds. The molecule has 2 aromatic rings. The van der Waals surface area contributed by atoms with Crippen molar-refractivity contribution in [3.05, 3.63) is 36.2 Å². The van der Waals surface area contributed by atoms with Crippen LogP contribution in [0.3, 0.4) is 0 Å². The molecular weight excluding hydrogens is 310 g/mol. The molecule has 0 spiro atoms. The number of amides is 1. The summed E-state index contributed by atoms with van der Waals surface area (Å²) in [4.78, 5) is 29.2. The van der Waals surface area contributed by atoms with E-state index in [1.54, 1.807) is 29.3 Å². The van der Waals surface area contributed by atoms with Gasteiger partial charge in [-0.15, -0.1) is 0 Å². The first kappa shape index (κ1) is 16.2. The number of carboxylic acid groups (broad SMARTS) is 1. The van der Waals surface area contributed by atoms with Gasteiger partial charge in [0, 0.05) is 31.8 Å². The lowest BCUT2D eigenvalue weighted by Gasteiger charge is -2.31. The standard InChI is InChI=1S/C17H19N3O4/c21-16(22)7-6-12-4-3-9-20(11-12)17(23)15-10-14(19-24-15)13-5-1-2-8-18-13/h1-2,5,8,10,12H,3-4,6-7,9,11H2,(H,21,22). The number of carboxylic acids is 1. The van der Waals surface area contributed by atoms with E-state index in [9.17, 15) is 9.59 Å². The predicted molar refractivity (Wildman–Crippen MR) is 85.2 cm³/mol. The Labute approximate surface area is 139 Å². The Balaban J connectivity index is 1.66.